The molecule has 5 aromatic rings. The van der Waals surface area contributed by atoms with E-state index in [1.54, 1.807) is 10.6 Å². The lowest BCUT2D eigenvalue weighted by atomic mass is 9.81. The quantitative estimate of drug-likeness (QED) is 0.150. The zero-order valence-electron chi connectivity index (χ0n) is 26.1. The number of nitrogens with one attached hydrogen (secondary N) is 1. The van der Waals surface area contributed by atoms with E-state index in [2.05, 4.69) is 20.3 Å². The number of fused-ring (bicyclic) bond motifs is 2. The highest BCUT2D eigenvalue weighted by molar-refractivity contribution is 6.31. The number of nitrogens with two attached hydrogens (primary N) is 1. The Hall–Kier alpha value is -5.21. The van der Waals surface area contributed by atoms with Crippen LogP contribution in [0.5, 0.6) is 11.5 Å². The molecule has 11 nitrogen and oxygen atoms in total. The van der Waals surface area contributed by atoms with Crippen LogP contribution in [0.15, 0.2) is 54.9 Å². The molecular weight excluding hydrogens is 665 g/mol. The molecule has 2 amide bonds. The van der Waals surface area contributed by atoms with Crippen molar-refractivity contribution < 1.29 is 37.3 Å². The molecule has 49 heavy (non-hydrogen) atoms. The topological polar surface area (TPSA) is 154 Å². The molecule has 1 aliphatic heterocycles. The Balaban J connectivity index is 1.35. The van der Waals surface area contributed by atoms with Gasteiger partial charge in [-0.2, -0.15) is 4.39 Å². The molecular formula is C34H28ClF3N6O5. The minimum atomic E-state index is -2.40. The number of methoxy groups -OCH3 is 1. The summed E-state index contributed by atoms with van der Waals surface area (Å²) in [5.41, 5.74) is 2.43. The fourth-order valence-corrected chi connectivity index (χ4v) is 6.05. The molecule has 1 saturated carbocycles. The first-order valence-corrected chi connectivity index (χ1v) is 15.5. The smallest absolute Gasteiger partial charge is 0.253 e. The molecule has 0 spiro atoms. The van der Waals surface area contributed by atoms with Crippen molar-refractivity contribution in [3.8, 4) is 22.8 Å². The summed E-state index contributed by atoms with van der Waals surface area (Å²) in [6.45, 7) is 0.588. The van der Waals surface area contributed by atoms with Crippen molar-refractivity contribution in [2.24, 2.45) is 5.73 Å². The van der Waals surface area contributed by atoms with E-state index in [1.165, 1.54) is 38.3 Å². The standard InChI is InChI=1S/C34H28ClF3N6O5/c1-33(32(39)46)15-49-29-19(33)10-26(43-28(29)18-9-20(35)22(37)11-21(18)36)34(47,25-4-3-5-27(38)42-25)14-40-31(45)17-8-24(48-2)30-41-23(16-6-7-16)13-44(30)12-17/h3-5,8-13,16,47H,6-7,14-15H2,1-2H3,(H2,39,46)(H,40,45)/t33-,34+/m0/s1. The Morgan fingerprint density at radius 1 is 1.12 bits per heavy atom. The number of carbonyl (C=O) groups is 2. The Kier molecular flexibility index (Phi) is 7.75. The third-order valence-corrected chi connectivity index (χ3v) is 9.25. The summed E-state index contributed by atoms with van der Waals surface area (Å²) in [4.78, 5) is 39.4. The van der Waals surface area contributed by atoms with E-state index < -0.39 is 52.0 Å². The summed E-state index contributed by atoms with van der Waals surface area (Å²) in [5, 5.41) is 14.6. The predicted octanol–water partition coefficient (Wildman–Crippen LogP) is 4.55. The third kappa shape index (κ3) is 5.50. The van der Waals surface area contributed by atoms with E-state index in [4.69, 9.17) is 26.8 Å². The summed E-state index contributed by atoms with van der Waals surface area (Å²) in [6, 6.07) is 8.00. The second-order valence-electron chi connectivity index (χ2n) is 12.3. The Morgan fingerprint density at radius 3 is 2.59 bits per heavy atom. The van der Waals surface area contributed by atoms with Crippen LogP contribution in [-0.4, -0.2) is 56.5 Å². The van der Waals surface area contributed by atoms with Crippen molar-refractivity contribution >= 4 is 29.1 Å². The lowest BCUT2D eigenvalue weighted by molar-refractivity contribution is -0.123. The average Bonchev–Trinajstić information content (AvgIpc) is 3.75. The van der Waals surface area contributed by atoms with E-state index in [1.807, 2.05) is 6.20 Å². The second kappa shape index (κ2) is 11.7. The number of amides is 2. The van der Waals surface area contributed by atoms with Crippen molar-refractivity contribution in [2.75, 3.05) is 20.3 Å². The molecule has 0 radical (unpaired) electrons. The number of imidazole rings is 1. The number of benzene rings is 1. The number of aliphatic hydroxyl groups is 1. The third-order valence-electron chi connectivity index (χ3n) is 8.96. The minimum absolute atomic E-state index is 0.0588. The molecule has 0 unspecified atom stereocenters. The first-order valence-electron chi connectivity index (χ1n) is 15.2. The molecule has 1 aromatic carbocycles. The van der Waals surface area contributed by atoms with Crippen molar-refractivity contribution in [3.05, 3.63) is 106 Å². The van der Waals surface area contributed by atoms with Gasteiger partial charge in [0.05, 0.1) is 41.3 Å². The summed E-state index contributed by atoms with van der Waals surface area (Å²) in [7, 11) is 1.45. The SMILES string of the molecule is COc1cc(C(=O)NC[C@@](O)(c2cccc(F)n2)c2cc3c(c(-c4cc(Cl)c(F)cc4F)n2)OC[C@]3(C)C(N)=O)cn2cc(C3CC3)nc12. The molecule has 0 bridgehead atoms. The number of rotatable bonds is 9. The molecule has 4 aromatic heterocycles. The van der Waals surface area contributed by atoms with Gasteiger partial charge in [0.25, 0.3) is 5.91 Å². The number of ether oxygens (including phenoxy) is 2. The van der Waals surface area contributed by atoms with Crippen LogP contribution in [0.2, 0.25) is 5.02 Å². The number of hydrogen-bond acceptors (Lipinski definition) is 8. The maximum atomic E-state index is 15.3. The van der Waals surface area contributed by atoms with Crippen LogP contribution in [-0.2, 0) is 15.8 Å². The van der Waals surface area contributed by atoms with Crippen molar-refractivity contribution in [1.29, 1.82) is 0 Å². The lowest BCUT2D eigenvalue weighted by Crippen LogP contribution is -2.44. The number of pyridine rings is 3. The Morgan fingerprint density at radius 2 is 1.90 bits per heavy atom. The fourth-order valence-electron chi connectivity index (χ4n) is 5.88. The van der Waals surface area contributed by atoms with Crippen LogP contribution in [0.1, 0.15) is 58.7 Å². The zero-order valence-corrected chi connectivity index (χ0v) is 26.8. The van der Waals surface area contributed by atoms with Crippen LogP contribution >= 0.6 is 11.6 Å². The molecule has 0 saturated heterocycles. The number of primary amides is 1. The molecule has 1 aliphatic carbocycles. The fraction of sp³-hybridized carbons (Fsp3) is 0.265. The van der Waals surface area contributed by atoms with Crippen LogP contribution in [0.4, 0.5) is 13.2 Å². The summed E-state index contributed by atoms with van der Waals surface area (Å²) >= 11 is 6.01. The normalized spacial score (nSPS) is 18.1. The maximum Gasteiger partial charge on any atom is 0.253 e. The first kappa shape index (κ1) is 32.3. The molecule has 2 atom stereocenters. The van der Waals surface area contributed by atoms with Crippen molar-refractivity contribution in [2.45, 2.75) is 36.7 Å². The van der Waals surface area contributed by atoms with Crippen LogP contribution < -0.4 is 20.5 Å². The average molecular weight is 693 g/mol. The molecule has 7 rings (SSSR count). The van der Waals surface area contributed by atoms with E-state index in [0.29, 0.717) is 23.4 Å². The second-order valence-corrected chi connectivity index (χ2v) is 12.7. The first-order chi connectivity index (χ1) is 23.3. The van der Waals surface area contributed by atoms with Crippen molar-refractivity contribution in [3.63, 3.8) is 0 Å². The van der Waals surface area contributed by atoms with Gasteiger partial charge in [-0.05, 0) is 50.1 Å². The van der Waals surface area contributed by atoms with Gasteiger partial charge in [-0.1, -0.05) is 17.7 Å². The van der Waals surface area contributed by atoms with Crippen LogP contribution in [0, 0.1) is 17.6 Å². The van der Waals surface area contributed by atoms with Gasteiger partial charge in [0.1, 0.15) is 35.1 Å². The van der Waals surface area contributed by atoms with E-state index in [-0.39, 0.29) is 46.1 Å². The van der Waals surface area contributed by atoms with Gasteiger partial charge in [0.2, 0.25) is 11.9 Å². The number of nitrogens with zero attached hydrogens (tertiary/aromatic N) is 4. The van der Waals surface area contributed by atoms with E-state index >= 15 is 4.39 Å². The zero-order chi connectivity index (χ0) is 34.8. The highest BCUT2D eigenvalue weighted by Gasteiger charge is 2.46. The predicted molar refractivity (Wildman–Crippen MR) is 170 cm³/mol. The van der Waals surface area contributed by atoms with Crippen LogP contribution in [0.3, 0.4) is 0 Å². The van der Waals surface area contributed by atoms with E-state index in [0.717, 1.165) is 30.7 Å². The Labute approximate surface area is 281 Å². The van der Waals surface area contributed by atoms with Gasteiger partial charge >= 0.3 is 0 Å². The molecule has 1 fully saturated rings. The largest absolute Gasteiger partial charge is 0.493 e. The minimum Gasteiger partial charge on any atom is -0.493 e. The molecule has 2 aliphatic rings. The number of halogens is 4. The number of hydrogen-bond donors (Lipinski definition) is 3. The van der Waals surface area contributed by atoms with Gasteiger partial charge in [0.15, 0.2) is 17.0 Å². The molecule has 4 N–H and O–H groups in total. The molecule has 252 valence electrons. The molecule has 5 heterocycles. The van der Waals surface area contributed by atoms with Gasteiger partial charge in [0, 0.05) is 35.5 Å². The number of carbonyl (C=O) groups excluding carboxylic acids is 2. The molecule has 15 heteroatoms. The monoisotopic (exact) mass is 692 g/mol. The summed E-state index contributed by atoms with van der Waals surface area (Å²) in [5.74, 6) is -3.88. The van der Waals surface area contributed by atoms with Gasteiger partial charge in [-0.25, -0.2) is 23.7 Å². The van der Waals surface area contributed by atoms with Gasteiger partial charge in [-0.3, -0.25) is 9.59 Å². The Bertz CT molecular complexity index is 2190. The lowest BCUT2D eigenvalue weighted by Gasteiger charge is -2.29. The van der Waals surface area contributed by atoms with Crippen LogP contribution in [0.25, 0.3) is 16.9 Å². The maximum absolute atomic E-state index is 15.3. The number of aromatic nitrogens is 4. The van der Waals surface area contributed by atoms with E-state index in [9.17, 15) is 23.5 Å². The van der Waals surface area contributed by atoms with Gasteiger partial charge in [-0.15, -0.1) is 0 Å². The summed E-state index contributed by atoms with van der Waals surface area (Å²) < 4.78 is 57.0. The van der Waals surface area contributed by atoms with Gasteiger partial charge < -0.3 is 30.0 Å². The summed E-state index contributed by atoms with van der Waals surface area (Å²) in [6.07, 6.45) is 5.44. The van der Waals surface area contributed by atoms with Crippen molar-refractivity contribution in [1.82, 2.24) is 24.7 Å². The highest BCUT2D eigenvalue weighted by atomic mass is 35.5. The highest BCUT2D eigenvalue weighted by Crippen LogP contribution is 2.47.